The molecule has 2 aromatic carbocycles. The Kier molecular flexibility index (Phi) is 3.99. The number of hydrogen-bond acceptors (Lipinski definition) is 4. The van der Waals surface area contributed by atoms with E-state index in [0.717, 1.165) is 0 Å². The molecule has 0 aliphatic heterocycles. The van der Waals surface area contributed by atoms with Crippen molar-refractivity contribution in [2.24, 2.45) is 0 Å². The number of para-hydroxylation sites is 2. The van der Waals surface area contributed by atoms with Crippen LogP contribution in [0.15, 0.2) is 46.9 Å². The summed E-state index contributed by atoms with van der Waals surface area (Å²) in [4.78, 5) is 21.4. The zero-order chi connectivity index (χ0) is 14.7. The molecule has 0 heterocycles. The van der Waals surface area contributed by atoms with E-state index in [1.807, 2.05) is 0 Å². The third-order valence-electron chi connectivity index (χ3n) is 2.46. The molecule has 0 unspecified atom stereocenters. The molecule has 20 heavy (non-hydrogen) atoms. The average Bonchev–Trinajstić information content (AvgIpc) is 2.38. The predicted octanol–water partition coefficient (Wildman–Crippen LogP) is 3.85. The Balaban J connectivity index is 2.47. The van der Waals surface area contributed by atoms with Gasteiger partial charge in [0.2, 0.25) is 5.75 Å². The van der Waals surface area contributed by atoms with Gasteiger partial charge in [-0.1, -0.05) is 28.1 Å². The maximum Gasteiger partial charge on any atom is 0.339 e. The molecule has 0 aliphatic carbocycles. The smallest absolute Gasteiger partial charge is 0.339 e. The van der Waals surface area contributed by atoms with E-state index >= 15 is 0 Å². The van der Waals surface area contributed by atoms with Crippen LogP contribution in [0.25, 0.3) is 0 Å². The van der Waals surface area contributed by atoms with Gasteiger partial charge in [0, 0.05) is 10.5 Å². The highest BCUT2D eigenvalue weighted by molar-refractivity contribution is 9.10. The maximum absolute atomic E-state index is 11.1. The van der Waals surface area contributed by atoms with Crippen LogP contribution in [0, 0.1) is 10.1 Å². The van der Waals surface area contributed by atoms with Crippen molar-refractivity contribution in [3.8, 4) is 11.5 Å². The van der Waals surface area contributed by atoms with Gasteiger partial charge in [0.1, 0.15) is 11.3 Å². The van der Waals surface area contributed by atoms with Gasteiger partial charge in [0.25, 0.3) is 0 Å². The highest BCUT2D eigenvalue weighted by Crippen LogP contribution is 2.34. The van der Waals surface area contributed by atoms with E-state index in [1.165, 1.54) is 30.3 Å². The number of carbonyl (C=O) groups is 1. The summed E-state index contributed by atoms with van der Waals surface area (Å²) in [5, 5.41) is 20.0. The summed E-state index contributed by atoms with van der Waals surface area (Å²) in [5.74, 6) is -1.16. The van der Waals surface area contributed by atoms with Crippen molar-refractivity contribution in [2.75, 3.05) is 0 Å². The number of ether oxygens (including phenoxy) is 1. The third kappa shape index (κ3) is 2.94. The molecule has 0 fully saturated rings. The van der Waals surface area contributed by atoms with Gasteiger partial charge in [-0.15, -0.1) is 0 Å². The summed E-state index contributed by atoms with van der Waals surface area (Å²) in [6, 6.07) is 10.1. The first-order chi connectivity index (χ1) is 9.49. The predicted molar refractivity (Wildman–Crippen MR) is 74.3 cm³/mol. The Hall–Kier alpha value is -2.41. The Morgan fingerprint density at radius 1 is 1.20 bits per heavy atom. The quantitative estimate of drug-likeness (QED) is 0.676. The van der Waals surface area contributed by atoms with Crippen molar-refractivity contribution in [1.29, 1.82) is 0 Å². The minimum atomic E-state index is -1.17. The Bertz CT molecular complexity index is 686. The van der Waals surface area contributed by atoms with Gasteiger partial charge in [-0.25, -0.2) is 4.79 Å². The second kappa shape index (κ2) is 5.70. The lowest BCUT2D eigenvalue weighted by Crippen LogP contribution is -2.01. The fraction of sp³-hybridized carbons (Fsp3) is 0. The van der Waals surface area contributed by atoms with Crippen molar-refractivity contribution >= 4 is 27.6 Å². The SMILES string of the molecule is O=C(O)c1ccc(Br)cc1Oc1ccccc1[N+](=O)[O-]. The maximum atomic E-state index is 11.1. The molecule has 102 valence electrons. The molecule has 1 N–H and O–H groups in total. The lowest BCUT2D eigenvalue weighted by atomic mass is 10.2. The second-order valence-corrected chi connectivity index (χ2v) is 4.69. The van der Waals surface area contributed by atoms with Gasteiger partial charge in [-0.3, -0.25) is 10.1 Å². The van der Waals surface area contributed by atoms with E-state index in [2.05, 4.69) is 15.9 Å². The largest absolute Gasteiger partial charge is 0.478 e. The van der Waals surface area contributed by atoms with Crippen molar-refractivity contribution in [3.05, 3.63) is 62.6 Å². The molecule has 0 spiro atoms. The summed E-state index contributed by atoms with van der Waals surface area (Å²) in [6.45, 7) is 0. The van der Waals surface area contributed by atoms with Gasteiger partial charge in [-0.2, -0.15) is 0 Å². The fourth-order valence-corrected chi connectivity index (χ4v) is 1.91. The number of carboxylic acid groups (broad SMARTS) is 1. The van der Waals surface area contributed by atoms with E-state index in [-0.39, 0.29) is 22.7 Å². The highest BCUT2D eigenvalue weighted by Gasteiger charge is 2.18. The van der Waals surface area contributed by atoms with Crippen LogP contribution in [0.1, 0.15) is 10.4 Å². The normalized spacial score (nSPS) is 10.1. The summed E-state index contributed by atoms with van der Waals surface area (Å²) >= 11 is 3.20. The molecule has 0 aromatic heterocycles. The molecule has 2 rings (SSSR count). The molecule has 0 atom stereocenters. The lowest BCUT2D eigenvalue weighted by Gasteiger charge is -2.09. The van der Waals surface area contributed by atoms with Crippen molar-refractivity contribution in [3.63, 3.8) is 0 Å². The minimum absolute atomic E-state index is 0.0156. The molecular formula is C13H8BrNO5. The second-order valence-electron chi connectivity index (χ2n) is 3.77. The molecule has 2 aromatic rings. The zero-order valence-corrected chi connectivity index (χ0v) is 11.5. The van der Waals surface area contributed by atoms with Crippen LogP contribution in [0.3, 0.4) is 0 Å². The first-order valence-corrected chi connectivity index (χ1v) is 6.22. The Labute approximate surface area is 121 Å². The molecule has 0 amide bonds. The molecule has 0 saturated heterocycles. The molecular weight excluding hydrogens is 330 g/mol. The van der Waals surface area contributed by atoms with Gasteiger partial charge in [-0.05, 0) is 24.3 Å². The number of rotatable bonds is 4. The topological polar surface area (TPSA) is 89.7 Å². The Morgan fingerprint density at radius 2 is 1.90 bits per heavy atom. The van der Waals surface area contributed by atoms with Gasteiger partial charge < -0.3 is 9.84 Å². The van der Waals surface area contributed by atoms with E-state index in [9.17, 15) is 14.9 Å². The van der Waals surface area contributed by atoms with Crippen molar-refractivity contribution in [2.45, 2.75) is 0 Å². The van der Waals surface area contributed by atoms with Crippen LogP contribution in [-0.2, 0) is 0 Å². The average molecular weight is 338 g/mol. The lowest BCUT2D eigenvalue weighted by molar-refractivity contribution is -0.385. The number of benzene rings is 2. The number of carboxylic acids is 1. The van der Waals surface area contributed by atoms with Crippen molar-refractivity contribution in [1.82, 2.24) is 0 Å². The van der Waals surface area contributed by atoms with Gasteiger partial charge in [0.15, 0.2) is 0 Å². The van der Waals surface area contributed by atoms with Gasteiger partial charge >= 0.3 is 11.7 Å². The number of hydrogen-bond donors (Lipinski definition) is 1. The van der Waals surface area contributed by atoms with Crippen LogP contribution in [-0.4, -0.2) is 16.0 Å². The van der Waals surface area contributed by atoms with Crippen LogP contribution >= 0.6 is 15.9 Å². The Morgan fingerprint density at radius 3 is 2.55 bits per heavy atom. The summed E-state index contributed by atoms with van der Waals surface area (Å²) < 4.78 is 6.00. The van der Waals surface area contributed by atoms with Crippen LogP contribution in [0.5, 0.6) is 11.5 Å². The number of aromatic carboxylic acids is 1. The summed E-state index contributed by atoms with van der Waals surface area (Å²) in [6.07, 6.45) is 0. The standard InChI is InChI=1S/C13H8BrNO5/c14-8-5-6-9(13(16)17)12(7-8)20-11-4-2-1-3-10(11)15(18)19/h1-7H,(H,16,17). The zero-order valence-electron chi connectivity index (χ0n) is 9.95. The van der Waals surface area contributed by atoms with Gasteiger partial charge in [0.05, 0.1) is 4.92 Å². The number of halogens is 1. The molecule has 0 aliphatic rings. The molecule has 0 radical (unpaired) electrons. The molecule has 7 heteroatoms. The van der Waals surface area contributed by atoms with E-state index in [1.54, 1.807) is 12.1 Å². The number of nitro benzene ring substituents is 1. The fourth-order valence-electron chi connectivity index (χ4n) is 1.57. The van der Waals surface area contributed by atoms with Crippen LogP contribution < -0.4 is 4.74 Å². The van der Waals surface area contributed by atoms with E-state index < -0.39 is 10.9 Å². The summed E-state index contributed by atoms with van der Waals surface area (Å²) in [7, 11) is 0. The molecule has 0 bridgehead atoms. The van der Waals surface area contributed by atoms with Crippen LogP contribution in [0.2, 0.25) is 0 Å². The minimum Gasteiger partial charge on any atom is -0.478 e. The van der Waals surface area contributed by atoms with Crippen molar-refractivity contribution < 1.29 is 19.6 Å². The summed E-state index contributed by atoms with van der Waals surface area (Å²) in [5.41, 5.74) is -0.310. The third-order valence-corrected chi connectivity index (χ3v) is 2.95. The first kappa shape index (κ1) is 14.0. The molecule has 0 saturated carbocycles. The number of nitrogens with zero attached hydrogens (tertiary/aromatic N) is 1. The molecule has 6 nitrogen and oxygen atoms in total. The van der Waals surface area contributed by atoms with E-state index in [4.69, 9.17) is 9.84 Å². The number of nitro groups is 1. The monoisotopic (exact) mass is 337 g/mol. The first-order valence-electron chi connectivity index (χ1n) is 5.43. The van der Waals surface area contributed by atoms with E-state index in [0.29, 0.717) is 4.47 Å². The van der Waals surface area contributed by atoms with Crippen LogP contribution in [0.4, 0.5) is 5.69 Å². The highest BCUT2D eigenvalue weighted by atomic mass is 79.9.